The number of aryl methyl sites for hydroxylation is 1. The highest BCUT2D eigenvalue weighted by Gasteiger charge is 2.46. The third kappa shape index (κ3) is 3.27. The Hall–Kier alpha value is -1.40. The summed E-state index contributed by atoms with van der Waals surface area (Å²) in [6, 6.07) is 0. The van der Waals surface area contributed by atoms with Crippen molar-refractivity contribution in [3.8, 4) is 0 Å². The van der Waals surface area contributed by atoms with Gasteiger partial charge in [-0.05, 0) is 24.8 Å². The monoisotopic (exact) mass is 292 g/mol. The molecule has 3 rings (SSSR count). The summed E-state index contributed by atoms with van der Waals surface area (Å²) in [5, 5.41) is 13.6. The number of aliphatic hydroxyl groups excluding tert-OH is 1. The lowest BCUT2D eigenvalue weighted by molar-refractivity contribution is -0.134. The van der Waals surface area contributed by atoms with Gasteiger partial charge in [0, 0.05) is 51.9 Å². The van der Waals surface area contributed by atoms with Crippen molar-refractivity contribution in [2.45, 2.75) is 25.4 Å². The van der Waals surface area contributed by atoms with Gasteiger partial charge in [0.25, 0.3) is 0 Å². The van der Waals surface area contributed by atoms with Crippen molar-refractivity contribution in [2.75, 3.05) is 32.7 Å². The van der Waals surface area contributed by atoms with Crippen LogP contribution in [-0.4, -0.2) is 69.4 Å². The molecule has 2 heterocycles. The number of rotatable bonds is 4. The van der Waals surface area contributed by atoms with Gasteiger partial charge in [-0.3, -0.25) is 14.4 Å². The average Bonchev–Trinajstić information content (AvgIpc) is 3.13. The van der Waals surface area contributed by atoms with E-state index in [4.69, 9.17) is 0 Å². The molecule has 1 aliphatic carbocycles. The predicted octanol–water partition coefficient (Wildman–Crippen LogP) is 0.0486. The van der Waals surface area contributed by atoms with Crippen LogP contribution < -0.4 is 0 Å². The number of aliphatic hydroxyl groups is 1. The van der Waals surface area contributed by atoms with Crippen LogP contribution >= 0.6 is 0 Å². The zero-order valence-corrected chi connectivity index (χ0v) is 12.8. The van der Waals surface area contributed by atoms with Crippen molar-refractivity contribution in [3.05, 3.63) is 18.0 Å². The first-order valence-electron chi connectivity index (χ1n) is 7.72. The molecule has 1 amide bonds. The van der Waals surface area contributed by atoms with E-state index in [1.54, 1.807) is 11.6 Å². The van der Waals surface area contributed by atoms with Gasteiger partial charge >= 0.3 is 0 Å². The van der Waals surface area contributed by atoms with E-state index in [-0.39, 0.29) is 12.0 Å². The van der Waals surface area contributed by atoms with Gasteiger partial charge < -0.3 is 10.0 Å². The third-order valence-electron chi connectivity index (χ3n) is 4.47. The molecule has 0 unspecified atom stereocenters. The van der Waals surface area contributed by atoms with Crippen LogP contribution in [0.25, 0.3) is 0 Å². The minimum absolute atomic E-state index is 0.150. The first-order chi connectivity index (χ1) is 10.0. The van der Waals surface area contributed by atoms with Crippen LogP contribution in [0.3, 0.4) is 0 Å². The van der Waals surface area contributed by atoms with Crippen LogP contribution in [0.1, 0.15) is 24.8 Å². The molecular weight excluding hydrogens is 268 g/mol. The summed E-state index contributed by atoms with van der Waals surface area (Å²) < 4.78 is 1.80. The van der Waals surface area contributed by atoms with E-state index in [0.717, 1.165) is 32.6 Å². The number of piperazine rings is 1. The number of hydrogen-bond acceptors (Lipinski definition) is 4. The smallest absolute Gasteiger partial charge is 0.226 e. The lowest BCUT2D eigenvalue weighted by Gasteiger charge is -2.35. The lowest BCUT2D eigenvalue weighted by Crippen LogP contribution is -2.50. The first kappa shape index (κ1) is 14.5. The maximum absolute atomic E-state index is 12.5. The highest BCUT2D eigenvalue weighted by molar-refractivity contribution is 5.83. The number of carbonyl (C=O) groups excluding carboxylic acids is 1. The molecule has 3 atom stereocenters. The van der Waals surface area contributed by atoms with Gasteiger partial charge in [0.1, 0.15) is 0 Å². The SMILES string of the molecule is C[C@H](O)CN1CCN(C(=O)[C@@H]2C[C@@H]2c2cnn(C)c2)CC1. The zero-order valence-electron chi connectivity index (χ0n) is 12.8. The van der Waals surface area contributed by atoms with E-state index in [9.17, 15) is 9.90 Å². The highest BCUT2D eigenvalue weighted by atomic mass is 16.3. The summed E-state index contributed by atoms with van der Waals surface area (Å²) in [6.45, 7) is 5.79. The summed E-state index contributed by atoms with van der Waals surface area (Å²) in [7, 11) is 1.91. The second kappa shape index (κ2) is 5.77. The van der Waals surface area contributed by atoms with E-state index in [2.05, 4.69) is 10.00 Å². The molecule has 1 aromatic heterocycles. The van der Waals surface area contributed by atoms with Crippen LogP contribution in [0.5, 0.6) is 0 Å². The van der Waals surface area contributed by atoms with Gasteiger partial charge in [-0.15, -0.1) is 0 Å². The number of aromatic nitrogens is 2. The molecule has 0 bridgehead atoms. The van der Waals surface area contributed by atoms with Crippen molar-refractivity contribution in [1.29, 1.82) is 0 Å². The van der Waals surface area contributed by atoms with E-state index >= 15 is 0 Å². The van der Waals surface area contributed by atoms with Gasteiger partial charge in [0.15, 0.2) is 0 Å². The molecule has 116 valence electrons. The van der Waals surface area contributed by atoms with E-state index in [0.29, 0.717) is 18.4 Å². The van der Waals surface area contributed by atoms with Crippen molar-refractivity contribution in [2.24, 2.45) is 13.0 Å². The van der Waals surface area contributed by atoms with Crippen LogP contribution in [0, 0.1) is 5.92 Å². The van der Waals surface area contributed by atoms with Gasteiger partial charge in [0.2, 0.25) is 5.91 Å². The number of carbonyl (C=O) groups is 1. The summed E-state index contributed by atoms with van der Waals surface area (Å²) in [6.07, 6.45) is 4.54. The molecule has 0 aromatic carbocycles. The quantitative estimate of drug-likeness (QED) is 0.852. The first-order valence-corrected chi connectivity index (χ1v) is 7.72. The second-order valence-corrected chi connectivity index (χ2v) is 6.37. The molecule has 21 heavy (non-hydrogen) atoms. The fourth-order valence-corrected chi connectivity index (χ4v) is 3.23. The lowest BCUT2D eigenvalue weighted by atomic mass is 10.1. The normalized spacial score (nSPS) is 27.7. The van der Waals surface area contributed by atoms with E-state index in [1.807, 2.05) is 24.3 Å². The molecule has 2 fully saturated rings. The molecule has 6 nitrogen and oxygen atoms in total. The molecule has 6 heteroatoms. The Balaban J connectivity index is 1.49. The highest BCUT2D eigenvalue weighted by Crippen LogP contribution is 2.48. The average molecular weight is 292 g/mol. The second-order valence-electron chi connectivity index (χ2n) is 6.37. The van der Waals surface area contributed by atoms with Crippen molar-refractivity contribution < 1.29 is 9.90 Å². The Morgan fingerprint density at radius 2 is 2.14 bits per heavy atom. The standard InChI is InChI=1S/C15H24N4O2/c1-11(20)9-18-3-5-19(6-4-18)15(21)14-7-13(14)12-8-16-17(2)10-12/h8,10-11,13-14,20H,3-7,9H2,1-2H3/t11-,13+,14+/m0/s1. The maximum Gasteiger partial charge on any atom is 0.226 e. The zero-order chi connectivity index (χ0) is 15.0. The van der Waals surface area contributed by atoms with Crippen molar-refractivity contribution in [3.63, 3.8) is 0 Å². The van der Waals surface area contributed by atoms with E-state index < -0.39 is 0 Å². The van der Waals surface area contributed by atoms with Gasteiger partial charge in [-0.2, -0.15) is 5.10 Å². The number of nitrogens with zero attached hydrogens (tertiary/aromatic N) is 4. The Kier molecular flexibility index (Phi) is 3.99. The summed E-state index contributed by atoms with van der Waals surface area (Å²) in [5.74, 6) is 0.805. The topological polar surface area (TPSA) is 61.6 Å². The summed E-state index contributed by atoms with van der Waals surface area (Å²) >= 11 is 0. The molecule has 1 aliphatic heterocycles. The molecule has 0 radical (unpaired) electrons. The maximum atomic E-state index is 12.5. The van der Waals surface area contributed by atoms with Crippen LogP contribution in [0.15, 0.2) is 12.4 Å². The predicted molar refractivity (Wildman–Crippen MR) is 78.8 cm³/mol. The minimum atomic E-state index is -0.300. The Bertz CT molecular complexity index is 506. The molecule has 1 N–H and O–H groups in total. The number of hydrogen-bond donors (Lipinski definition) is 1. The van der Waals surface area contributed by atoms with Crippen molar-refractivity contribution >= 4 is 5.91 Å². The molecule has 2 aliphatic rings. The molecule has 1 saturated carbocycles. The van der Waals surface area contributed by atoms with Crippen LogP contribution in [0.4, 0.5) is 0 Å². The molecule has 0 spiro atoms. The number of amides is 1. The van der Waals surface area contributed by atoms with E-state index in [1.165, 1.54) is 5.56 Å². The Labute approximate surface area is 125 Å². The van der Waals surface area contributed by atoms with Gasteiger partial charge in [0.05, 0.1) is 12.3 Å². The number of β-amino-alcohol motifs (C(OH)–C–C–N with tert-alkyl or cyclic N) is 1. The van der Waals surface area contributed by atoms with Crippen LogP contribution in [-0.2, 0) is 11.8 Å². The summed E-state index contributed by atoms with van der Waals surface area (Å²) in [4.78, 5) is 16.7. The summed E-state index contributed by atoms with van der Waals surface area (Å²) in [5.41, 5.74) is 1.18. The largest absolute Gasteiger partial charge is 0.392 e. The van der Waals surface area contributed by atoms with Crippen molar-refractivity contribution in [1.82, 2.24) is 19.6 Å². The van der Waals surface area contributed by atoms with Gasteiger partial charge in [-0.1, -0.05) is 0 Å². The fourth-order valence-electron chi connectivity index (χ4n) is 3.23. The Morgan fingerprint density at radius 1 is 1.43 bits per heavy atom. The molecule has 1 saturated heterocycles. The molecular formula is C15H24N4O2. The Morgan fingerprint density at radius 3 is 2.71 bits per heavy atom. The minimum Gasteiger partial charge on any atom is -0.392 e. The van der Waals surface area contributed by atoms with Gasteiger partial charge in [-0.25, -0.2) is 0 Å². The third-order valence-corrected chi connectivity index (χ3v) is 4.47. The van der Waals surface area contributed by atoms with Crippen LogP contribution in [0.2, 0.25) is 0 Å². The fraction of sp³-hybridized carbons (Fsp3) is 0.733. The molecule has 1 aromatic rings.